The zero-order valence-corrected chi connectivity index (χ0v) is 13.9. The van der Waals surface area contributed by atoms with Gasteiger partial charge in [0, 0.05) is 9.80 Å². The van der Waals surface area contributed by atoms with E-state index in [-0.39, 0.29) is 5.92 Å². The first-order valence-electron chi connectivity index (χ1n) is 7.25. The topological polar surface area (TPSA) is 37.3 Å². The van der Waals surface area contributed by atoms with Gasteiger partial charge in [-0.05, 0) is 50.3 Å². The lowest BCUT2D eigenvalue weighted by atomic mass is 9.92. The smallest absolute Gasteiger partial charge is 0.0809 e. The van der Waals surface area contributed by atoms with Gasteiger partial charge in [0.15, 0.2) is 0 Å². The molecule has 0 aliphatic heterocycles. The van der Waals surface area contributed by atoms with Crippen LogP contribution in [-0.2, 0) is 10.8 Å². The summed E-state index contributed by atoms with van der Waals surface area (Å²) in [6.45, 7) is 10.1. The molecule has 0 fully saturated rings. The van der Waals surface area contributed by atoms with Crippen LogP contribution in [-0.4, -0.2) is 15.4 Å². The van der Waals surface area contributed by atoms with Crippen molar-refractivity contribution in [3.05, 3.63) is 40.8 Å². The number of aliphatic hydroxyl groups is 1. The van der Waals surface area contributed by atoms with Crippen LogP contribution in [0, 0.1) is 18.8 Å². The highest BCUT2D eigenvalue weighted by Crippen LogP contribution is 2.30. The highest BCUT2D eigenvalue weighted by molar-refractivity contribution is 7.89. The number of rotatable bonds is 6. The van der Waals surface area contributed by atoms with Gasteiger partial charge in [0.1, 0.15) is 0 Å². The van der Waals surface area contributed by atoms with Gasteiger partial charge in [-0.15, -0.1) is 0 Å². The Morgan fingerprint density at radius 2 is 1.80 bits per heavy atom. The Morgan fingerprint density at radius 1 is 1.25 bits per heavy atom. The Morgan fingerprint density at radius 3 is 2.20 bits per heavy atom. The lowest BCUT2D eigenvalue weighted by Crippen LogP contribution is -2.16. The summed E-state index contributed by atoms with van der Waals surface area (Å²) in [5.41, 5.74) is 1.16. The van der Waals surface area contributed by atoms with Gasteiger partial charge >= 0.3 is 0 Å². The molecule has 0 spiro atoms. The first kappa shape index (κ1) is 17.1. The molecule has 1 aromatic rings. The average molecular weight is 294 g/mol. The van der Waals surface area contributed by atoms with Gasteiger partial charge < -0.3 is 5.11 Å². The Labute approximate surface area is 125 Å². The van der Waals surface area contributed by atoms with Gasteiger partial charge in [-0.25, -0.2) is 4.21 Å². The van der Waals surface area contributed by atoms with Crippen LogP contribution in [0.15, 0.2) is 40.1 Å². The van der Waals surface area contributed by atoms with Gasteiger partial charge in [-0.2, -0.15) is 0 Å². The second-order valence-corrected chi connectivity index (χ2v) is 7.13. The molecule has 0 amide bonds. The Balaban J connectivity index is 3.17. The molecule has 1 rings (SSSR count). The molecule has 0 heterocycles. The van der Waals surface area contributed by atoms with Crippen molar-refractivity contribution in [1.82, 2.24) is 0 Å². The molecule has 0 radical (unpaired) electrons. The van der Waals surface area contributed by atoms with Crippen molar-refractivity contribution in [2.75, 3.05) is 0 Å². The summed E-state index contributed by atoms with van der Waals surface area (Å²) in [6, 6.07) is 7.77. The SMILES string of the molecule is CC[C@H](/C(=C/[C@H](C)O)S(=O)c1ccc(C)cc1)C(C)C. The van der Waals surface area contributed by atoms with Crippen molar-refractivity contribution < 1.29 is 9.32 Å². The molecule has 1 N–H and O–H groups in total. The van der Waals surface area contributed by atoms with E-state index in [1.807, 2.05) is 31.2 Å². The number of allylic oxidation sites excluding steroid dienone is 1. The highest BCUT2D eigenvalue weighted by atomic mass is 32.2. The van der Waals surface area contributed by atoms with Crippen molar-refractivity contribution in [2.45, 2.75) is 52.0 Å². The number of aliphatic hydroxyl groups excluding tert-OH is 1. The van der Waals surface area contributed by atoms with Crippen LogP contribution in [0.25, 0.3) is 0 Å². The maximum Gasteiger partial charge on any atom is 0.0809 e. The van der Waals surface area contributed by atoms with E-state index in [9.17, 15) is 9.32 Å². The Bertz CT molecular complexity index is 472. The molecule has 0 aliphatic carbocycles. The van der Waals surface area contributed by atoms with Crippen molar-refractivity contribution in [3.8, 4) is 0 Å². The van der Waals surface area contributed by atoms with E-state index in [1.165, 1.54) is 0 Å². The largest absolute Gasteiger partial charge is 0.389 e. The molecule has 0 aromatic heterocycles. The molecule has 0 aliphatic rings. The van der Waals surface area contributed by atoms with Crippen molar-refractivity contribution in [3.63, 3.8) is 0 Å². The molecular formula is C17H26O2S. The molecule has 1 aromatic carbocycles. The maximum absolute atomic E-state index is 12.8. The average Bonchev–Trinajstić information content (AvgIpc) is 2.37. The summed E-state index contributed by atoms with van der Waals surface area (Å²) < 4.78 is 12.8. The quantitative estimate of drug-likeness (QED) is 0.859. The van der Waals surface area contributed by atoms with Crippen LogP contribution in [0.4, 0.5) is 0 Å². The molecule has 3 atom stereocenters. The van der Waals surface area contributed by atoms with Gasteiger partial charge in [0.2, 0.25) is 0 Å². The molecule has 112 valence electrons. The first-order chi connectivity index (χ1) is 9.36. The fourth-order valence-corrected chi connectivity index (χ4v) is 4.05. The second-order valence-electron chi connectivity index (χ2n) is 5.65. The van der Waals surface area contributed by atoms with E-state index < -0.39 is 16.9 Å². The predicted molar refractivity (Wildman–Crippen MR) is 86.0 cm³/mol. The number of hydrogen-bond donors (Lipinski definition) is 1. The minimum Gasteiger partial charge on any atom is -0.389 e. The van der Waals surface area contributed by atoms with Crippen molar-refractivity contribution in [2.24, 2.45) is 11.8 Å². The van der Waals surface area contributed by atoms with E-state index in [1.54, 1.807) is 13.0 Å². The fraction of sp³-hybridized carbons (Fsp3) is 0.529. The second kappa shape index (κ2) is 7.75. The molecule has 3 heteroatoms. The zero-order valence-electron chi connectivity index (χ0n) is 13.1. The van der Waals surface area contributed by atoms with E-state index in [4.69, 9.17) is 0 Å². The minimum absolute atomic E-state index is 0.228. The normalized spacial score (nSPS) is 17.1. The number of hydrogen-bond acceptors (Lipinski definition) is 2. The van der Waals surface area contributed by atoms with E-state index in [2.05, 4.69) is 20.8 Å². The third-order valence-corrected chi connectivity index (χ3v) is 5.03. The van der Waals surface area contributed by atoms with Crippen LogP contribution >= 0.6 is 0 Å². The lowest BCUT2D eigenvalue weighted by Gasteiger charge is -2.23. The van der Waals surface area contributed by atoms with Crippen LogP contribution in [0.2, 0.25) is 0 Å². The van der Waals surface area contributed by atoms with Crippen LogP contribution in [0.5, 0.6) is 0 Å². The summed E-state index contributed by atoms with van der Waals surface area (Å²) in [7, 11) is -1.20. The third-order valence-electron chi connectivity index (χ3n) is 3.46. The minimum atomic E-state index is -1.20. The predicted octanol–water partition coefficient (Wildman–Crippen LogP) is 4.05. The molecule has 1 unspecified atom stereocenters. The fourth-order valence-electron chi connectivity index (χ4n) is 2.36. The first-order valence-corrected chi connectivity index (χ1v) is 8.40. The highest BCUT2D eigenvalue weighted by Gasteiger charge is 2.23. The lowest BCUT2D eigenvalue weighted by molar-refractivity contribution is 0.242. The van der Waals surface area contributed by atoms with Gasteiger partial charge in [-0.1, -0.05) is 38.5 Å². The number of benzene rings is 1. The maximum atomic E-state index is 12.8. The van der Waals surface area contributed by atoms with Crippen molar-refractivity contribution >= 4 is 10.8 Å². The Kier molecular flexibility index (Phi) is 6.63. The summed E-state index contributed by atoms with van der Waals surface area (Å²) in [5, 5.41) is 9.68. The summed E-state index contributed by atoms with van der Waals surface area (Å²) in [4.78, 5) is 1.66. The molecule has 2 nitrogen and oxygen atoms in total. The zero-order chi connectivity index (χ0) is 15.3. The van der Waals surface area contributed by atoms with Crippen LogP contribution in [0.1, 0.15) is 39.7 Å². The van der Waals surface area contributed by atoms with Gasteiger partial charge in [0.25, 0.3) is 0 Å². The van der Waals surface area contributed by atoms with Crippen LogP contribution < -0.4 is 0 Å². The molecule has 0 saturated carbocycles. The van der Waals surface area contributed by atoms with E-state index in [0.717, 1.165) is 21.8 Å². The number of aryl methyl sites for hydroxylation is 1. The molecular weight excluding hydrogens is 268 g/mol. The van der Waals surface area contributed by atoms with Crippen LogP contribution in [0.3, 0.4) is 0 Å². The van der Waals surface area contributed by atoms with Gasteiger partial charge in [0.05, 0.1) is 16.9 Å². The van der Waals surface area contributed by atoms with Crippen molar-refractivity contribution in [1.29, 1.82) is 0 Å². The summed E-state index contributed by atoms with van der Waals surface area (Å²) in [5.74, 6) is 0.631. The Hall–Kier alpha value is -0.930. The molecule has 20 heavy (non-hydrogen) atoms. The molecule has 0 saturated heterocycles. The molecule has 0 bridgehead atoms. The monoisotopic (exact) mass is 294 g/mol. The summed E-state index contributed by atoms with van der Waals surface area (Å²) in [6.07, 6.45) is 2.10. The van der Waals surface area contributed by atoms with E-state index in [0.29, 0.717) is 5.92 Å². The summed E-state index contributed by atoms with van der Waals surface area (Å²) >= 11 is 0. The third kappa shape index (κ3) is 4.57. The van der Waals surface area contributed by atoms with E-state index >= 15 is 0 Å². The van der Waals surface area contributed by atoms with Gasteiger partial charge in [-0.3, -0.25) is 0 Å². The standard InChI is InChI=1S/C17H26O2S/c1-6-16(12(2)3)17(11-14(5)18)20(19)15-9-7-13(4)8-10-15/h7-12,14,16,18H,6H2,1-5H3/b17-11-/t14-,16-,20?/m0/s1.